The molecule has 70 valence electrons. The van der Waals surface area contributed by atoms with Crippen molar-refractivity contribution in [2.45, 2.75) is 6.92 Å². The maximum atomic E-state index is 11.1. The van der Waals surface area contributed by atoms with E-state index in [0.29, 0.717) is 0 Å². The molecular formula is C9H13N3O. The van der Waals surface area contributed by atoms with Crippen LogP contribution in [0.5, 0.6) is 0 Å². The quantitative estimate of drug-likeness (QED) is 0.683. The fourth-order valence-corrected chi connectivity index (χ4v) is 0.828. The van der Waals surface area contributed by atoms with E-state index in [0.717, 1.165) is 11.5 Å². The van der Waals surface area contributed by atoms with Gasteiger partial charge in [0.2, 0.25) is 5.91 Å². The number of nitrogens with zero attached hydrogens (tertiary/aromatic N) is 2. The van der Waals surface area contributed by atoms with Gasteiger partial charge in [-0.05, 0) is 13.0 Å². The summed E-state index contributed by atoms with van der Waals surface area (Å²) in [4.78, 5) is 19.7. The van der Waals surface area contributed by atoms with Gasteiger partial charge in [0.25, 0.3) is 0 Å². The third-order valence-electron chi connectivity index (χ3n) is 1.56. The Morgan fingerprint density at radius 2 is 2.31 bits per heavy atom. The standard InChI is InChI=1S/C9H13N3O/c1-7-10-6-8(11-7)4-5-9(13)12(2)3/h4-6H,1-3H3,(H,10,11)/b5-4+. The van der Waals surface area contributed by atoms with E-state index in [2.05, 4.69) is 9.97 Å². The summed E-state index contributed by atoms with van der Waals surface area (Å²) < 4.78 is 0. The molecule has 0 saturated carbocycles. The van der Waals surface area contributed by atoms with E-state index in [-0.39, 0.29) is 5.91 Å². The predicted octanol–water partition coefficient (Wildman–Crippen LogP) is 0.820. The SMILES string of the molecule is Cc1nc(/C=C/C(=O)N(C)C)c[nH]1. The highest BCUT2D eigenvalue weighted by molar-refractivity contribution is 5.91. The van der Waals surface area contributed by atoms with Crippen LogP contribution in [-0.2, 0) is 4.79 Å². The van der Waals surface area contributed by atoms with Gasteiger partial charge in [-0.15, -0.1) is 0 Å². The Hall–Kier alpha value is -1.58. The third-order valence-corrected chi connectivity index (χ3v) is 1.56. The normalized spacial score (nSPS) is 10.7. The monoisotopic (exact) mass is 179 g/mol. The average molecular weight is 179 g/mol. The highest BCUT2D eigenvalue weighted by atomic mass is 16.2. The molecule has 0 unspecified atom stereocenters. The second kappa shape index (κ2) is 3.89. The maximum absolute atomic E-state index is 11.1. The first kappa shape index (κ1) is 9.51. The predicted molar refractivity (Wildman–Crippen MR) is 51.1 cm³/mol. The van der Waals surface area contributed by atoms with Gasteiger partial charge < -0.3 is 9.88 Å². The Balaban J connectivity index is 2.64. The van der Waals surface area contributed by atoms with Crippen molar-refractivity contribution in [1.29, 1.82) is 0 Å². The number of carbonyl (C=O) groups is 1. The molecule has 4 heteroatoms. The number of aromatic amines is 1. The third kappa shape index (κ3) is 2.74. The van der Waals surface area contributed by atoms with Crippen molar-refractivity contribution in [3.05, 3.63) is 23.8 Å². The summed E-state index contributed by atoms with van der Waals surface area (Å²) in [5.74, 6) is 0.803. The minimum Gasteiger partial charge on any atom is -0.348 e. The Bertz CT molecular complexity index is 325. The van der Waals surface area contributed by atoms with E-state index in [1.807, 2.05) is 6.92 Å². The zero-order chi connectivity index (χ0) is 9.84. The van der Waals surface area contributed by atoms with Gasteiger partial charge in [-0.1, -0.05) is 0 Å². The van der Waals surface area contributed by atoms with Gasteiger partial charge in [0.1, 0.15) is 5.82 Å². The van der Waals surface area contributed by atoms with Crippen molar-refractivity contribution >= 4 is 12.0 Å². The topological polar surface area (TPSA) is 49.0 Å². The molecule has 0 bridgehead atoms. The molecule has 0 aromatic carbocycles. The lowest BCUT2D eigenvalue weighted by atomic mass is 10.4. The second-order valence-corrected chi connectivity index (χ2v) is 2.98. The highest BCUT2D eigenvalue weighted by Crippen LogP contribution is 1.98. The summed E-state index contributed by atoms with van der Waals surface area (Å²) in [5, 5.41) is 0. The molecular weight excluding hydrogens is 166 g/mol. The number of imidazole rings is 1. The van der Waals surface area contributed by atoms with Gasteiger partial charge in [0.15, 0.2) is 0 Å². The van der Waals surface area contributed by atoms with Crippen molar-refractivity contribution < 1.29 is 4.79 Å². The lowest BCUT2D eigenvalue weighted by Crippen LogP contribution is -2.18. The van der Waals surface area contributed by atoms with Crippen LogP contribution < -0.4 is 0 Å². The zero-order valence-electron chi connectivity index (χ0n) is 8.03. The fraction of sp³-hybridized carbons (Fsp3) is 0.333. The summed E-state index contributed by atoms with van der Waals surface area (Å²) in [5.41, 5.74) is 0.771. The molecule has 0 aliphatic heterocycles. The summed E-state index contributed by atoms with van der Waals surface area (Å²) in [6, 6.07) is 0. The minimum atomic E-state index is -0.0411. The largest absolute Gasteiger partial charge is 0.348 e. The van der Waals surface area contributed by atoms with Crippen LogP contribution in [0, 0.1) is 6.92 Å². The number of rotatable bonds is 2. The van der Waals surface area contributed by atoms with E-state index < -0.39 is 0 Å². The number of hydrogen-bond acceptors (Lipinski definition) is 2. The number of nitrogens with one attached hydrogen (secondary N) is 1. The zero-order valence-corrected chi connectivity index (χ0v) is 8.03. The molecule has 0 aliphatic rings. The summed E-state index contributed by atoms with van der Waals surface area (Å²) >= 11 is 0. The minimum absolute atomic E-state index is 0.0411. The maximum Gasteiger partial charge on any atom is 0.246 e. The summed E-state index contributed by atoms with van der Waals surface area (Å²) in [6.45, 7) is 1.87. The number of amides is 1. The van der Waals surface area contributed by atoms with Gasteiger partial charge in [0, 0.05) is 26.4 Å². The van der Waals surface area contributed by atoms with Gasteiger partial charge in [-0.2, -0.15) is 0 Å². The van der Waals surface area contributed by atoms with Crippen molar-refractivity contribution in [3.63, 3.8) is 0 Å². The van der Waals surface area contributed by atoms with E-state index in [1.165, 1.54) is 11.0 Å². The number of aryl methyl sites for hydroxylation is 1. The molecule has 1 amide bonds. The van der Waals surface area contributed by atoms with Gasteiger partial charge in [-0.25, -0.2) is 4.98 Å². The van der Waals surface area contributed by atoms with Crippen molar-refractivity contribution in [3.8, 4) is 0 Å². The molecule has 1 N–H and O–H groups in total. The van der Waals surface area contributed by atoms with Crippen LogP contribution in [0.2, 0.25) is 0 Å². The molecule has 13 heavy (non-hydrogen) atoms. The molecule has 0 saturated heterocycles. The van der Waals surface area contributed by atoms with Gasteiger partial charge >= 0.3 is 0 Å². The van der Waals surface area contributed by atoms with Gasteiger partial charge in [0.05, 0.1) is 5.69 Å². The Morgan fingerprint density at radius 1 is 1.62 bits per heavy atom. The molecule has 4 nitrogen and oxygen atoms in total. The number of H-pyrrole nitrogens is 1. The number of carbonyl (C=O) groups excluding carboxylic acids is 1. The van der Waals surface area contributed by atoms with Crippen LogP contribution in [-0.4, -0.2) is 34.9 Å². The highest BCUT2D eigenvalue weighted by Gasteiger charge is 1.97. The number of aromatic nitrogens is 2. The van der Waals surface area contributed by atoms with E-state index in [9.17, 15) is 4.79 Å². The van der Waals surface area contributed by atoms with E-state index in [1.54, 1.807) is 26.4 Å². The fourth-order valence-electron chi connectivity index (χ4n) is 0.828. The molecule has 0 spiro atoms. The van der Waals surface area contributed by atoms with Crippen molar-refractivity contribution in [2.75, 3.05) is 14.1 Å². The van der Waals surface area contributed by atoms with Crippen LogP contribution in [0.25, 0.3) is 6.08 Å². The Labute approximate surface area is 77.3 Å². The molecule has 1 aromatic rings. The molecule has 1 aromatic heterocycles. The first-order valence-electron chi connectivity index (χ1n) is 4.01. The molecule has 0 radical (unpaired) electrons. The molecule has 0 aliphatic carbocycles. The Kier molecular flexibility index (Phi) is 2.84. The molecule has 1 rings (SSSR count). The van der Waals surface area contributed by atoms with Crippen LogP contribution in [0.4, 0.5) is 0 Å². The lowest BCUT2D eigenvalue weighted by molar-refractivity contribution is -0.123. The lowest BCUT2D eigenvalue weighted by Gasteiger charge is -2.04. The number of likely N-dealkylation sites (N-methyl/N-ethyl adjacent to an activating group) is 1. The van der Waals surface area contributed by atoms with Crippen molar-refractivity contribution in [1.82, 2.24) is 14.9 Å². The smallest absolute Gasteiger partial charge is 0.246 e. The molecule has 0 fully saturated rings. The van der Waals surface area contributed by atoms with Crippen LogP contribution in [0.1, 0.15) is 11.5 Å². The van der Waals surface area contributed by atoms with Gasteiger partial charge in [-0.3, -0.25) is 4.79 Å². The summed E-state index contributed by atoms with van der Waals surface area (Å²) in [6.07, 6.45) is 4.94. The second-order valence-electron chi connectivity index (χ2n) is 2.98. The van der Waals surface area contributed by atoms with Crippen LogP contribution >= 0.6 is 0 Å². The first-order valence-corrected chi connectivity index (χ1v) is 4.01. The van der Waals surface area contributed by atoms with E-state index >= 15 is 0 Å². The van der Waals surface area contributed by atoms with Crippen molar-refractivity contribution in [2.24, 2.45) is 0 Å². The van der Waals surface area contributed by atoms with E-state index in [4.69, 9.17) is 0 Å². The number of hydrogen-bond donors (Lipinski definition) is 1. The average Bonchev–Trinajstić information content (AvgIpc) is 2.47. The summed E-state index contributed by atoms with van der Waals surface area (Å²) in [7, 11) is 3.42. The Morgan fingerprint density at radius 3 is 2.77 bits per heavy atom. The van der Waals surface area contributed by atoms with Crippen LogP contribution in [0.15, 0.2) is 12.3 Å². The molecule has 1 heterocycles. The first-order chi connectivity index (χ1) is 6.09. The molecule has 0 atom stereocenters. The van der Waals surface area contributed by atoms with Crippen LogP contribution in [0.3, 0.4) is 0 Å².